The van der Waals surface area contributed by atoms with Gasteiger partial charge in [-0.3, -0.25) is 9.79 Å². The summed E-state index contributed by atoms with van der Waals surface area (Å²) in [6.07, 6.45) is 0. The average Bonchev–Trinajstić information content (AvgIpc) is 2.04. The fraction of sp³-hybridized carbons (Fsp3) is 0.429. The fourth-order valence-corrected chi connectivity index (χ4v) is 0.962. The van der Waals surface area contributed by atoms with Crippen molar-refractivity contribution in [3.8, 4) is 0 Å². The highest BCUT2D eigenvalue weighted by atomic mass is 32.1. The molecule has 6 heteroatoms. The number of amides is 1. The van der Waals surface area contributed by atoms with Crippen molar-refractivity contribution in [2.24, 2.45) is 4.99 Å². The maximum absolute atomic E-state index is 11.1. The quantitative estimate of drug-likeness (QED) is 0.479. The first-order valence-electron chi connectivity index (χ1n) is 3.71. The lowest BCUT2D eigenvalue weighted by Crippen LogP contribution is -2.44. The molecule has 0 aromatic rings. The van der Waals surface area contributed by atoms with Crippen molar-refractivity contribution in [3.05, 3.63) is 0 Å². The van der Waals surface area contributed by atoms with Crippen LogP contribution in [0.5, 0.6) is 0 Å². The number of carbonyl (C=O) groups is 2. The Balaban J connectivity index is 2.74. The zero-order valence-corrected chi connectivity index (χ0v) is 7.81. The van der Waals surface area contributed by atoms with Crippen LogP contribution < -0.4 is 5.32 Å². The van der Waals surface area contributed by atoms with Gasteiger partial charge in [-0.05, 0) is 6.92 Å². The molecule has 0 saturated carbocycles. The van der Waals surface area contributed by atoms with Crippen molar-refractivity contribution in [2.75, 3.05) is 13.2 Å². The second kappa shape index (κ2) is 4.08. The first-order valence-corrected chi connectivity index (χ1v) is 4.11. The molecule has 0 aromatic carbocycles. The number of hydrogen-bond donors (Lipinski definition) is 1. The van der Waals surface area contributed by atoms with Gasteiger partial charge in [-0.25, -0.2) is 4.79 Å². The molecule has 1 amide bonds. The minimum Gasteiger partial charge on any atom is -0.461 e. The molecule has 13 heavy (non-hydrogen) atoms. The fourth-order valence-electron chi connectivity index (χ4n) is 0.805. The van der Waals surface area contributed by atoms with Crippen LogP contribution in [-0.2, 0) is 14.3 Å². The van der Waals surface area contributed by atoms with Gasteiger partial charge in [0.05, 0.1) is 13.2 Å². The van der Waals surface area contributed by atoms with E-state index < -0.39 is 11.9 Å². The lowest BCUT2D eigenvalue weighted by Gasteiger charge is -2.11. The van der Waals surface area contributed by atoms with Gasteiger partial charge in [-0.1, -0.05) is 12.2 Å². The van der Waals surface area contributed by atoms with E-state index >= 15 is 0 Å². The summed E-state index contributed by atoms with van der Waals surface area (Å²) < 4.78 is 4.61. The van der Waals surface area contributed by atoms with Crippen LogP contribution in [0.15, 0.2) is 4.99 Å². The topological polar surface area (TPSA) is 67.8 Å². The minimum atomic E-state index is -0.706. The summed E-state index contributed by atoms with van der Waals surface area (Å²) >= 11 is 4.70. The highest BCUT2D eigenvalue weighted by Gasteiger charge is 2.25. The van der Waals surface area contributed by atoms with E-state index in [4.69, 9.17) is 12.2 Å². The van der Waals surface area contributed by atoms with Crippen molar-refractivity contribution in [3.63, 3.8) is 0 Å². The van der Waals surface area contributed by atoms with E-state index in [0.29, 0.717) is 4.99 Å². The normalized spacial score (nSPS) is 16.2. The lowest BCUT2D eigenvalue weighted by atomic mass is 10.3. The monoisotopic (exact) mass is 200 g/mol. The maximum Gasteiger partial charge on any atom is 0.362 e. The lowest BCUT2D eigenvalue weighted by molar-refractivity contribution is -0.135. The Morgan fingerprint density at radius 2 is 2.46 bits per heavy atom. The van der Waals surface area contributed by atoms with Crippen molar-refractivity contribution < 1.29 is 14.3 Å². The summed E-state index contributed by atoms with van der Waals surface area (Å²) in [4.78, 5) is 26.2. The highest BCUT2D eigenvalue weighted by molar-refractivity contribution is 7.80. The molecule has 0 unspecified atom stereocenters. The molecule has 0 fully saturated rings. The smallest absolute Gasteiger partial charge is 0.362 e. The van der Waals surface area contributed by atoms with E-state index in [-0.39, 0.29) is 18.9 Å². The molecule has 70 valence electrons. The first-order chi connectivity index (χ1) is 6.15. The van der Waals surface area contributed by atoms with Crippen LogP contribution in [0.1, 0.15) is 6.92 Å². The van der Waals surface area contributed by atoms with Crippen LogP contribution in [-0.4, -0.2) is 35.7 Å². The Bertz CT molecular complexity index is 298. The van der Waals surface area contributed by atoms with Gasteiger partial charge in [0, 0.05) is 0 Å². The van der Waals surface area contributed by atoms with Gasteiger partial charge < -0.3 is 10.1 Å². The van der Waals surface area contributed by atoms with Gasteiger partial charge in [0.15, 0.2) is 0 Å². The third kappa shape index (κ3) is 2.32. The number of esters is 1. The summed E-state index contributed by atoms with van der Waals surface area (Å²) in [6, 6.07) is 0. The number of nitrogens with one attached hydrogen (secondary N) is 1. The molecule has 0 aliphatic carbocycles. The molecule has 0 aromatic heterocycles. The van der Waals surface area contributed by atoms with Crippen molar-refractivity contribution in [1.82, 2.24) is 5.32 Å². The average molecular weight is 200 g/mol. The molecule has 1 aliphatic heterocycles. The van der Waals surface area contributed by atoms with Crippen molar-refractivity contribution in [1.29, 1.82) is 0 Å². The summed E-state index contributed by atoms with van der Waals surface area (Å²) in [5, 5.41) is 2.33. The summed E-state index contributed by atoms with van der Waals surface area (Å²) in [7, 11) is 0. The number of thiocarbonyl (C=S) groups is 1. The molecule has 0 atom stereocenters. The van der Waals surface area contributed by atoms with Gasteiger partial charge in [0.1, 0.15) is 4.99 Å². The van der Waals surface area contributed by atoms with Crippen LogP contribution in [0.2, 0.25) is 0 Å². The molecule has 5 nitrogen and oxygen atoms in total. The Labute approximate surface area is 80.2 Å². The SMILES string of the molecule is CCOC(=O)C1=NCC(=S)NC1=O. The van der Waals surface area contributed by atoms with E-state index in [0.717, 1.165) is 0 Å². The van der Waals surface area contributed by atoms with E-state index in [1.165, 1.54) is 0 Å². The molecule has 1 heterocycles. The predicted octanol–water partition coefficient (Wildman–Crippen LogP) is -0.552. The molecule has 0 spiro atoms. The number of aliphatic imine (C=N–C) groups is 1. The van der Waals surface area contributed by atoms with E-state index in [9.17, 15) is 9.59 Å². The largest absolute Gasteiger partial charge is 0.461 e. The van der Waals surface area contributed by atoms with Gasteiger partial charge in [-0.15, -0.1) is 0 Å². The molecular weight excluding hydrogens is 192 g/mol. The zero-order chi connectivity index (χ0) is 9.84. The van der Waals surface area contributed by atoms with Crippen LogP contribution in [0, 0.1) is 0 Å². The summed E-state index contributed by atoms with van der Waals surface area (Å²) in [6.45, 7) is 2.04. The van der Waals surface area contributed by atoms with Crippen molar-refractivity contribution >= 4 is 34.8 Å². The maximum atomic E-state index is 11.1. The van der Waals surface area contributed by atoms with Gasteiger partial charge in [0.25, 0.3) is 5.91 Å². The molecule has 1 N–H and O–H groups in total. The number of rotatable bonds is 2. The van der Waals surface area contributed by atoms with Gasteiger partial charge >= 0.3 is 5.97 Å². The first kappa shape index (κ1) is 9.79. The number of hydrogen-bond acceptors (Lipinski definition) is 5. The Morgan fingerprint density at radius 1 is 1.77 bits per heavy atom. The second-order valence-electron chi connectivity index (χ2n) is 2.26. The van der Waals surface area contributed by atoms with Gasteiger partial charge in [-0.2, -0.15) is 0 Å². The van der Waals surface area contributed by atoms with Crippen LogP contribution >= 0.6 is 12.2 Å². The summed E-state index contributed by atoms with van der Waals surface area (Å²) in [5.74, 6) is -1.29. The standard InChI is InChI=1S/C7H8N2O3S/c1-2-12-7(11)5-6(10)9-4(13)3-8-5/h2-3H2,1H3,(H,9,10,13). The third-order valence-electron chi connectivity index (χ3n) is 1.32. The Kier molecular flexibility index (Phi) is 3.07. The molecule has 0 saturated heterocycles. The highest BCUT2D eigenvalue weighted by Crippen LogP contribution is 1.93. The molecule has 0 bridgehead atoms. The second-order valence-corrected chi connectivity index (χ2v) is 2.76. The third-order valence-corrected chi connectivity index (χ3v) is 1.55. The number of nitrogens with zero attached hydrogens (tertiary/aromatic N) is 1. The predicted molar refractivity (Wildman–Crippen MR) is 49.7 cm³/mol. The van der Waals surface area contributed by atoms with Gasteiger partial charge in [0.2, 0.25) is 5.71 Å². The number of ether oxygens (including phenoxy) is 1. The van der Waals surface area contributed by atoms with Crippen LogP contribution in [0.4, 0.5) is 0 Å². The number of carbonyl (C=O) groups excluding carboxylic acids is 2. The van der Waals surface area contributed by atoms with Crippen LogP contribution in [0.25, 0.3) is 0 Å². The van der Waals surface area contributed by atoms with E-state index in [1.54, 1.807) is 6.92 Å². The molecule has 1 rings (SSSR count). The van der Waals surface area contributed by atoms with E-state index in [2.05, 4.69) is 15.0 Å². The van der Waals surface area contributed by atoms with E-state index in [1.807, 2.05) is 0 Å². The molecule has 1 aliphatic rings. The Morgan fingerprint density at radius 3 is 3.00 bits per heavy atom. The molecule has 0 radical (unpaired) electrons. The summed E-state index contributed by atoms with van der Waals surface area (Å²) in [5.41, 5.74) is -0.213. The Hall–Kier alpha value is -1.30. The molecular formula is C7H8N2O3S. The minimum absolute atomic E-state index is 0.162. The zero-order valence-electron chi connectivity index (χ0n) is 6.99. The van der Waals surface area contributed by atoms with Crippen molar-refractivity contribution in [2.45, 2.75) is 6.92 Å². The van der Waals surface area contributed by atoms with Crippen LogP contribution in [0.3, 0.4) is 0 Å².